The van der Waals surface area contributed by atoms with Gasteiger partial charge < -0.3 is 8.98 Å². The molecule has 0 amide bonds. The molecule has 0 aliphatic carbocycles. The summed E-state index contributed by atoms with van der Waals surface area (Å²) >= 11 is 0. The van der Waals surface area contributed by atoms with E-state index in [0.29, 0.717) is 17.5 Å². The lowest BCUT2D eigenvalue weighted by Crippen LogP contribution is -2.04. The topological polar surface area (TPSA) is 56.7 Å². The fourth-order valence-electron chi connectivity index (χ4n) is 10.4. The van der Waals surface area contributed by atoms with Crippen LogP contribution in [0.2, 0.25) is 0 Å². The molecule has 0 saturated heterocycles. The average Bonchev–Trinajstić information content (AvgIpc) is 3.95. The zero-order valence-electron chi connectivity index (χ0n) is 36.6. The van der Waals surface area contributed by atoms with Gasteiger partial charge in [-0.2, -0.15) is 0 Å². The van der Waals surface area contributed by atoms with E-state index >= 15 is 0 Å². The summed E-state index contributed by atoms with van der Waals surface area (Å²) in [5, 5.41) is 11.5. The second-order valence-corrected chi connectivity index (χ2v) is 17.5. The molecule has 0 aliphatic heterocycles. The zero-order chi connectivity index (χ0) is 44.7. The molecule has 14 aromatic rings. The lowest BCUT2D eigenvalue weighted by Gasteiger charge is -2.22. The van der Waals surface area contributed by atoms with Crippen molar-refractivity contribution >= 4 is 76.1 Å². The molecule has 5 heteroatoms. The van der Waals surface area contributed by atoms with Crippen molar-refractivity contribution in [1.82, 2.24) is 19.5 Å². The third kappa shape index (κ3) is 6.06. The van der Waals surface area contributed by atoms with Crippen LogP contribution in [-0.2, 0) is 0 Å². The first-order valence-corrected chi connectivity index (χ1v) is 23.0. The summed E-state index contributed by atoms with van der Waals surface area (Å²) in [6.07, 6.45) is 0. The first-order chi connectivity index (χ1) is 33.7. The Morgan fingerprint density at radius 2 is 0.882 bits per heavy atom. The van der Waals surface area contributed by atoms with Gasteiger partial charge in [0.25, 0.3) is 0 Å². The summed E-state index contributed by atoms with van der Waals surface area (Å²) in [6.45, 7) is 0. The molecule has 5 nitrogen and oxygen atoms in total. The molecule has 0 saturated carbocycles. The van der Waals surface area contributed by atoms with Crippen LogP contribution in [0.3, 0.4) is 0 Å². The van der Waals surface area contributed by atoms with Gasteiger partial charge in [-0.15, -0.1) is 0 Å². The number of aromatic nitrogens is 4. The molecule has 0 spiro atoms. The Morgan fingerprint density at radius 1 is 0.309 bits per heavy atom. The molecule has 316 valence electrons. The van der Waals surface area contributed by atoms with Crippen molar-refractivity contribution in [3.05, 3.63) is 231 Å². The highest BCUT2D eigenvalue weighted by Gasteiger charge is 2.25. The summed E-state index contributed by atoms with van der Waals surface area (Å²) in [5.74, 6) is 1.74. The number of furan rings is 1. The van der Waals surface area contributed by atoms with Crippen LogP contribution in [-0.4, -0.2) is 19.5 Å². The van der Waals surface area contributed by atoms with Crippen molar-refractivity contribution in [2.24, 2.45) is 0 Å². The molecule has 0 atom stereocenters. The SMILES string of the molecule is c1ccc(-c2nc(-c3cc(-c4ccccc4)c(-n4c5cc6ccccc6cc5c5ccc6ccccc6c54)c(-c4ccc5ccccc5c4)c3)nc(-c3cccc4oc5ccccc5c34)n2)cc1. The van der Waals surface area contributed by atoms with Crippen molar-refractivity contribution in [1.29, 1.82) is 0 Å². The lowest BCUT2D eigenvalue weighted by molar-refractivity contribution is 0.669. The maximum Gasteiger partial charge on any atom is 0.164 e. The van der Waals surface area contributed by atoms with Gasteiger partial charge in [0.2, 0.25) is 0 Å². The van der Waals surface area contributed by atoms with Gasteiger partial charge in [0.15, 0.2) is 17.5 Å². The highest BCUT2D eigenvalue weighted by atomic mass is 16.3. The highest BCUT2D eigenvalue weighted by molar-refractivity contribution is 6.21. The van der Waals surface area contributed by atoms with Crippen LogP contribution < -0.4 is 0 Å². The van der Waals surface area contributed by atoms with Gasteiger partial charge in [0.05, 0.1) is 16.7 Å². The monoisotopic (exact) mass is 866 g/mol. The number of hydrogen-bond acceptors (Lipinski definition) is 4. The highest BCUT2D eigenvalue weighted by Crippen LogP contribution is 2.47. The Balaban J connectivity index is 1.14. The number of nitrogens with zero attached hydrogens (tertiary/aromatic N) is 4. The first kappa shape index (κ1) is 38.1. The van der Waals surface area contributed by atoms with Crippen LogP contribution in [0.1, 0.15) is 0 Å². The molecule has 14 rings (SSSR count). The number of hydrogen-bond donors (Lipinski definition) is 0. The van der Waals surface area contributed by atoms with Gasteiger partial charge >= 0.3 is 0 Å². The third-order valence-electron chi connectivity index (χ3n) is 13.6. The van der Waals surface area contributed by atoms with Crippen LogP contribution in [0.15, 0.2) is 235 Å². The number of fused-ring (bicyclic) bond motifs is 10. The van der Waals surface area contributed by atoms with E-state index in [1.54, 1.807) is 0 Å². The molecular formula is C63H38N4O. The smallest absolute Gasteiger partial charge is 0.164 e. The largest absolute Gasteiger partial charge is 0.456 e. The molecule has 3 heterocycles. The number of para-hydroxylation sites is 1. The fourth-order valence-corrected chi connectivity index (χ4v) is 10.4. The molecule has 0 unspecified atom stereocenters. The van der Waals surface area contributed by atoms with Gasteiger partial charge in [-0.1, -0.05) is 188 Å². The lowest BCUT2D eigenvalue weighted by atomic mass is 9.91. The van der Waals surface area contributed by atoms with E-state index in [4.69, 9.17) is 19.4 Å². The summed E-state index contributed by atoms with van der Waals surface area (Å²) in [6, 6.07) is 82.0. The Bertz CT molecular complexity index is 4320. The Hall–Kier alpha value is -9.19. The molecule has 0 bridgehead atoms. The summed E-state index contributed by atoms with van der Waals surface area (Å²) < 4.78 is 8.93. The second-order valence-electron chi connectivity index (χ2n) is 17.5. The van der Waals surface area contributed by atoms with E-state index in [0.717, 1.165) is 83.0 Å². The van der Waals surface area contributed by atoms with Gasteiger partial charge in [-0.05, 0) is 80.5 Å². The second kappa shape index (κ2) is 15.2. The van der Waals surface area contributed by atoms with Crippen LogP contribution in [0.4, 0.5) is 0 Å². The van der Waals surface area contributed by atoms with E-state index < -0.39 is 0 Å². The van der Waals surface area contributed by atoms with E-state index in [-0.39, 0.29) is 0 Å². The van der Waals surface area contributed by atoms with Gasteiger partial charge in [-0.25, -0.2) is 15.0 Å². The summed E-state index contributed by atoms with van der Waals surface area (Å²) in [5.41, 5.74) is 11.9. The predicted octanol–water partition coefficient (Wildman–Crippen LogP) is 16.7. The molecule has 0 aliphatic rings. The van der Waals surface area contributed by atoms with Crippen molar-refractivity contribution in [3.8, 4) is 62.1 Å². The normalized spacial score (nSPS) is 11.8. The van der Waals surface area contributed by atoms with E-state index in [9.17, 15) is 0 Å². The van der Waals surface area contributed by atoms with E-state index in [1.165, 1.54) is 37.7 Å². The van der Waals surface area contributed by atoms with Crippen molar-refractivity contribution in [2.45, 2.75) is 0 Å². The maximum absolute atomic E-state index is 6.39. The fraction of sp³-hybridized carbons (Fsp3) is 0. The van der Waals surface area contributed by atoms with Gasteiger partial charge in [0, 0.05) is 54.7 Å². The first-order valence-electron chi connectivity index (χ1n) is 23.0. The van der Waals surface area contributed by atoms with Crippen LogP contribution in [0.5, 0.6) is 0 Å². The molecule has 68 heavy (non-hydrogen) atoms. The Kier molecular flexibility index (Phi) is 8.52. The average molecular weight is 867 g/mol. The number of rotatable bonds is 6. The zero-order valence-corrected chi connectivity index (χ0v) is 36.6. The van der Waals surface area contributed by atoms with Crippen molar-refractivity contribution in [3.63, 3.8) is 0 Å². The third-order valence-corrected chi connectivity index (χ3v) is 13.6. The molecule has 3 aromatic heterocycles. The molecular weight excluding hydrogens is 829 g/mol. The number of benzene rings is 11. The minimum Gasteiger partial charge on any atom is -0.456 e. The van der Waals surface area contributed by atoms with Gasteiger partial charge in [0.1, 0.15) is 11.2 Å². The molecule has 0 radical (unpaired) electrons. The molecule has 11 aromatic carbocycles. The van der Waals surface area contributed by atoms with E-state index in [1.807, 2.05) is 48.5 Å². The van der Waals surface area contributed by atoms with Crippen LogP contribution >= 0.6 is 0 Å². The van der Waals surface area contributed by atoms with Crippen molar-refractivity contribution in [2.75, 3.05) is 0 Å². The van der Waals surface area contributed by atoms with Gasteiger partial charge in [-0.3, -0.25) is 0 Å². The quantitative estimate of drug-likeness (QED) is 0.167. The van der Waals surface area contributed by atoms with Crippen LogP contribution in [0, 0.1) is 0 Å². The predicted molar refractivity (Wildman–Crippen MR) is 281 cm³/mol. The molecule has 0 N–H and O–H groups in total. The maximum atomic E-state index is 6.39. The van der Waals surface area contributed by atoms with E-state index in [2.05, 4.69) is 187 Å². The Morgan fingerprint density at radius 3 is 1.66 bits per heavy atom. The minimum absolute atomic E-state index is 0.572. The Labute approximate surface area is 390 Å². The summed E-state index contributed by atoms with van der Waals surface area (Å²) in [7, 11) is 0. The summed E-state index contributed by atoms with van der Waals surface area (Å²) in [4.78, 5) is 16.1. The molecule has 0 fully saturated rings. The van der Waals surface area contributed by atoms with Crippen LogP contribution in [0.25, 0.3) is 138 Å². The van der Waals surface area contributed by atoms with Crippen molar-refractivity contribution < 1.29 is 4.42 Å². The minimum atomic E-state index is 0.572. The standard InChI is InChI=1S/C63H38N4O/c1-3-17-40(18-4-1)52-36-47(62-64-61(42-20-5-2-6-21-42)65-63(66-62)51-27-15-29-57-58(51)50-26-13-14-28-56(50)68-57)37-53(46-31-30-39-16-7-8-22-43(39)34-46)60(52)67-55-38-45-24-10-9-23-44(45)35-54(55)49-33-32-41-19-11-12-25-48(41)59(49)67/h1-38H.